The van der Waals surface area contributed by atoms with Gasteiger partial charge >= 0.3 is 0 Å². The number of hydrogen-bond donors (Lipinski definition) is 1. The third kappa shape index (κ3) is 4.01. The predicted octanol–water partition coefficient (Wildman–Crippen LogP) is 6.46. The van der Waals surface area contributed by atoms with Crippen molar-refractivity contribution in [2.75, 3.05) is 4.90 Å². The van der Waals surface area contributed by atoms with Crippen LogP contribution >= 0.6 is 23.8 Å². The fourth-order valence-corrected chi connectivity index (χ4v) is 5.05. The van der Waals surface area contributed by atoms with Crippen LogP contribution < -0.4 is 10.2 Å². The maximum Gasteiger partial charge on any atom is 0.174 e. The van der Waals surface area contributed by atoms with E-state index in [0.29, 0.717) is 5.11 Å². The van der Waals surface area contributed by atoms with Crippen LogP contribution in [0.3, 0.4) is 0 Å². The maximum atomic E-state index is 13.9. The first-order chi connectivity index (χ1) is 15.9. The minimum absolute atomic E-state index is 0.0830. The van der Waals surface area contributed by atoms with Crippen molar-refractivity contribution in [1.29, 1.82) is 0 Å². The second-order valence-electron chi connectivity index (χ2n) is 8.24. The van der Waals surface area contributed by atoms with Crippen molar-refractivity contribution >= 4 is 34.6 Å². The van der Waals surface area contributed by atoms with Crippen molar-refractivity contribution in [2.24, 2.45) is 0 Å². The van der Waals surface area contributed by atoms with Crippen molar-refractivity contribution in [1.82, 2.24) is 14.9 Å². The second kappa shape index (κ2) is 8.61. The molecule has 3 heterocycles. The number of aryl methyl sites for hydroxylation is 2. The van der Waals surface area contributed by atoms with E-state index >= 15 is 0 Å². The number of pyridine rings is 1. The second-order valence-corrected chi connectivity index (χ2v) is 9.04. The molecule has 0 amide bonds. The first-order valence-electron chi connectivity index (χ1n) is 10.6. The number of anilines is 1. The van der Waals surface area contributed by atoms with E-state index in [4.69, 9.17) is 23.8 Å². The molecule has 0 radical (unpaired) electrons. The SMILES string of the molecule is Cc1cc(C)cc(N2C(=S)N[C@@H](c3ccccn3)[C@@H]2c2cccn2-c2ccc(F)c(Cl)c2)c1. The van der Waals surface area contributed by atoms with Crippen molar-refractivity contribution in [3.05, 3.63) is 112 Å². The molecule has 1 aliphatic heterocycles. The Bertz CT molecular complexity index is 1320. The lowest BCUT2D eigenvalue weighted by atomic mass is 10.00. The number of benzene rings is 2. The van der Waals surface area contributed by atoms with Crippen LogP contribution in [0.5, 0.6) is 0 Å². The average Bonchev–Trinajstić information content (AvgIpc) is 3.40. The van der Waals surface area contributed by atoms with Crippen LogP contribution in [0, 0.1) is 19.7 Å². The van der Waals surface area contributed by atoms with Crippen LogP contribution in [0.15, 0.2) is 79.1 Å². The van der Waals surface area contributed by atoms with Crippen LogP contribution in [0.1, 0.15) is 34.6 Å². The Hall–Kier alpha value is -3.22. The summed E-state index contributed by atoms with van der Waals surface area (Å²) in [5.41, 5.74) is 5.99. The third-order valence-corrected chi connectivity index (χ3v) is 6.45. The Morgan fingerprint density at radius 2 is 1.76 bits per heavy atom. The molecule has 0 saturated carbocycles. The number of nitrogens with one attached hydrogen (secondary N) is 1. The molecule has 7 heteroatoms. The van der Waals surface area contributed by atoms with E-state index in [1.54, 1.807) is 18.3 Å². The van der Waals surface area contributed by atoms with Crippen LogP contribution in [-0.4, -0.2) is 14.7 Å². The van der Waals surface area contributed by atoms with Gasteiger partial charge < -0.3 is 14.8 Å². The highest BCUT2D eigenvalue weighted by molar-refractivity contribution is 7.80. The van der Waals surface area contributed by atoms with Gasteiger partial charge in [0, 0.05) is 29.5 Å². The molecule has 1 N–H and O–H groups in total. The Labute approximate surface area is 202 Å². The molecule has 5 rings (SSSR count). The highest BCUT2D eigenvalue weighted by Crippen LogP contribution is 2.42. The molecule has 1 saturated heterocycles. The highest BCUT2D eigenvalue weighted by Gasteiger charge is 2.42. The molecule has 2 atom stereocenters. The van der Waals surface area contributed by atoms with Gasteiger partial charge in [-0.2, -0.15) is 0 Å². The minimum Gasteiger partial charge on any atom is -0.351 e. The lowest BCUT2D eigenvalue weighted by Crippen LogP contribution is -2.30. The van der Waals surface area contributed by atoms with Gasteiger partial charge in [0.15, 0.2) is 5.11 Å². The van der Waals surface area contributed by atoms with Crippen molar-refractivity contribution in [2.45, 2.75) is 25.9 Å². The first kappa shape index (κ1) is 21.6. The largest absolute Gasteiger partial charge is 0.351 e. The Kier molecular flexibility index (Phi) is 5.64. The lowest BCUT2D eigenvalue weighted by Gasteiger charge is -2.29. The number of hydrogen-bond acceptors (Lipinski definition) is 2. The molecule has 2 aromatic carbocycles. The molecular weight excluding hydrogens is 455 g/mol. The van der Waals surface area contributed by atoms with E-state index in [9.17, 15) is 4.39 Å². The number of nitrogens with zero attached hydrogens (tertiary/aromatic N) is 3. The van der Waals surface area contributed by atoms with Gasteiger partial charge in [-0.3, -0.25) is 4.98 Å². The molecule has 33 heavy (non-hydrogen) atoms. The number of thiocarbonyl (C=S) groups is 1. The topological polar surface area (TPSA) is 33.1 Å². The van der Waals surface area contributed by atoms with Gasteiger partial charge in [-0.1, -0.05) is 23.7 Å². The molecule has 4 aromatic rings. The fourth-order valence-electron chi connectivity index (χ4n) is 4.53. The van der Waals surface area contributed by atoms with E-state index in [1.165, 1.54) is 6.07 Å². The molecule has 0 unspecified atom stereocenters. The van der Waals surface area contributed by atoms with Gasteiger partial charge in [0.1, 0.15) is 11.9 Å². The summed E-state index contributed by atoms with van der Waals surface area (Å²) in [5, 5.41) is 4.20. The molecule has 4 nitrogen and oxygen atoms in total. The quantitative estimate of drug-likeness (QED) is 0.343. The van der Waals surface area contributed by atoms with E-state index in [2.05, 4.69) is 53.3 Å². The zero-order chi connectivity index (χ0) is 23.1. The van der Waals surface area contributed by atoms with Gasteiger partial charge in [-0.25, -0.2) is 4.39 Å². The zero-order valence-corrected chi connectivity index (χ0v) is 19.7. The van der Waals surface area contributed by atoms with Gasteiger partial charge in [-0.05, 0) is 91.8 Å². The van der Waals surface area contributed by atoms with Gasteiger partial charge in [0.25, 0.3) is 0 Å². The summed E-state index contributed by atoms with van der Waals surface area (Å²) in [5.74, 6) is -0.443. The first-order valence-corrected chi connectivity index (χ1v) is 11.4. The summed E-state index contributed by atoms with van der Waals surface area (Å²) >= 11 is 12.0. The van der Waals surface area contributed by atoms with Crippen LogP contribution in [0.25, 0.3) is 5.69 Å². The van der Waals surface area contributed by atoms with E-state index in [1.807, 2.05) is 35.0 Å². The smallest absolute Gasteiger partial charge is 0.174 e. The van der Waals surface area contributed by atoms with E-state index < -0.39 is 5.82 Å². The van der Waals surface area contributed by atoms with Crippen molar-refractivity contribution in [3.63, 3.8) is 0 Å². The molecule has 166 valence electrons. The molecule has 2 aromatic heterocycles. The van der Waals surface area contributed by atoms with Crippen molar-refractivity contribution in [3.8, 4) is 5.69 Å². The number of rotatable bonds is 4. The monoisotopic (exact) mass is 476 g/mol. The summed E-state index contributed by atoms with van der Waals surface area (Å²) in [4.78, 5) is 6.76. The maximum absolute atomic E-state index is 13.9. The Balaban J connectivity index is 1.69. The van der Waals surface area contributed by atoms with Crippen LogP contribution in [0.2, 0.25) is 5.02 Å². The summed E-state index contributed by atoms with van der Waals surface area (Å²) in [6.07, 6.45) is 3.74. The number of halogens is 2. The summed E-state index contributed by atoms with van der Waals surface area (Å²) in [6.45, 7) is 4.16. The summed E-state index contributed by atoms with van der Waals surface area (Å²) < 4.78 is 15.9. The third-order valence-electron chi connectivity index (χ3n) is 5.85. The van der Waals surface area contributed by atoms with Gasteiger partial charge in [0.05, 0.1) is 16.8 Å². The summed E-state index contributed by atoms with van der Waals surface area (Å²) in [7, 11) is 0. The van der Waals surface area contributed by atoms with E-state index in [-0.39, 0.29) is 17.1 Å². The highest BCUT2D eigenvalue weighted by atomic mass is 35.5. The van der Waals surface area contributed by atoms with Gasteiger partial charge in [0.2, 0.25) is 0 Å². The Morgan fingerprint density at radius 1 is 0.970 bits per heavy atom. The zero-order valence-electron chi connectivity index (χ0n) is 18.2. The molecule has 0 bridgehead atoms. The van der Waals surface area contributed by atoms with Crippen molar-refractivity contribution < 1.29 is 4.39 Å². The normalized spacial score (nSPS) is 17.9. The Morgan fingerprint density at radius 3 is 2.45 bits per heavy atom. The standard InChI is InChI=1S/C26H22ClFN4S/c1-16-12-17(2)14-19(13-16)32-25(24(30-26(32)33)22-6-3-4-10-29-22)23-7-5-11-31(23)18-8-9-21(28)20(27)15-18/h3-15,24-25H,1-2H3,(H,30,33)/t24-,25-/m0/s1. The molecular formula is C26H22ClFN4S. The van der Waals surface area contributed by atoms with Gasteiger partial charge in [-0.15, -0.1) is 0 Å². The fraction of sp³-hybridized carbons (Fsp3) is 0.154. The lowest BCUT2D eigenvalue weighted by molar-refractivity contribution is 0.549. The summed E-state index contributed by atoms with van der Waals surface area (Å²) in [6, 6.07) is 20.7. The predicted molar refractivity (Wildman–Crippen MR) is 135 cm³/mol. The average molecular weight is 477 g/mol. The van der Waals surface area contributed by atoms with Crippen LogP contribution in [0.4, 0.5) is 10.1 Å². The molecule has 0 aliphatic carbocycles. The minimum atomic E-state index is -0.443. The molecule has 0 spiro atoms. The van der Waals surface area contributed by atoms with Crippen LogP contribution in [-0.2, 0) is 0 Å². The molecule has 1 aliphatic rings. The number of aromatic nitrogens is 2. The molecule has 1 fully saturated rings. The van der Waals surface area contributed by atoms with E-state index in [0.717, 1.165) is 33.9 Å².